The van der Waals surface area contributed by atoms with E-state index in [1.165, 1.54) is 7.11 Å². The van der Waals surface area contributed by atoms with Crippen molar-refractivity contribution in [2.45, 2.75) is 25.4 Å². The summed E-state index contributed by atoms with van der Waals surface area (Å²) in [6.07, 6.45) is 0.572. The van der Waals surface area contributed by atoms with Crippen LogP contribution in [0.3, 0.4) is 0 Å². The second-order valence-corrected chi connectivity index (χ2v) is 4.85. The maximum absolute atomic E-state index is 12.1. The fourth-order valence-electron chi connectivity index (χ4n) is 2.40. The van der Waals surface area contributed by atoms with Gasteiger partial charge in [-0.3, -0.25) is 0 Å². The predicted molar refractivity (Wildman–Crippen MR) is 72.2 cm³/mol. The first-order valence-corrected chi connectivity index (χ1v) is 6.81. The van der Waals surface area contributed by atoms with Gasteiger partial charge in [0.2, 0.25) is 6.04 Å². The molecular formula is C15H20NO4+. The van der Waals surface area contributed by atoms with Crippen LogP contribution in [0.1, 0.15) is 12.5 Å². The molecule has 0 aromatic heterocycles. The molecule has 0 aliphatic carbocycles. The van der Waals surface area contributed by atoms with Crippen LogP contribution in [0.5, 0.6) is 0 Å². The Labute approximate surface area is 118 Å². The van der Waals surface area contributed by atoms with Crippen molar-refractivity contribution in [2.75, 3.05) is 20.3 Å². The average molecular weight is 278 g/mol. The van der Waals surface area contributed by atoms with Crippen molar-refractivity contribution in [3.63, 3.8) is 0 Å². The molecule has 5 heteroatoms. The summed E-state index contributed by atoms with van der Waals surface area (Å²) in [5, 5.41) is 0. The van der Waals surface area contributed by atoms with Crippen molar-refractivity contribution >= 4 is 11.9 Å². The van der Waals surface area contributed by atoms with Crippen LogP contribution < -0.4 is 4.90 Å². The Hall–Kier alpha value is -1.88. The van der Waals surface area contributed by atoms with E-state index in [0.717, 1.165) is 10.5 Å². The summed E-state index contributed by atoms with van der Waals surface area (Å²) in [5.41, 5.74) is 1.06. The molecule has 1 aliphatic heterocycles. The van der Waals surface area contributed by atoms with Crippen LogP contribution >= 0.6 is 0 Å². The SMILES string of the molecule is CCOC(=O)[C@H](Cc1ccccc1)[NH+]1C[C@@H]1C(=O)OC. The molecule has 5 nitrogen and oxygen atoms in total. The third-order valence-electron chi connectivity index (χ3n) is 3.51. The van der Waals surface area contributed by atoms with Crippen LogP contribution in [-0.2, 0) is 25.5 Å². The summed E-state index contributed by atoms with van der Waals surface area (Å²) in [5.74, 6) is -0.514. The lowest BCUT2D eigenvalue weighted by Gasteiger charge is -2.14. The molecule has 1 aromatic rings. The molecule has 1 aromatic carbocycles. The van der Waals surface area contributed by atoms with Gasteiger partial charge in [0.25, 0.3) is 0 Å². The van der Waals surface area contributed by atoms with Crippen LogP contribution in [0.2, 0.25) is 0 Å². The van der Waals surface area contributed by atoms with Crippen LogP contribution in [-0.4, -0.2) is 44.3 Å². The topological polar surface area (TPSA) is 57.0 Å². The standard InChI is InChI=1S/C15H19NO4/c1-3-20-15(18)12(9-11-7-5-4-6-8-11)16-10-13(16)14(17)19-2/h4-8,12-13H,3,9-10H2,1-2H3/p+1/t12-,13+,16?/m0/s1. The summed E-state index contributed by atoms with van der Waals surface area (Å²) in [6, 6.07) is 9.18. The molecule has 1 aliphatic rings. The van der Waals surface area contributed by atoms with Gasteiger partial charge in [0.05, 0.1) is 13.7 Å². The molecule has 2 rings (SSSR count). The van der Waals surface area contributed by atoms with Crippen molar-refractivity contribution in [3.8, 4) is 0 Å². The molecule has 1 N–H and O–H groups in total. The highest BCUT2D eigenvalue weighted by molar-refractivity contribution is 5.78. The van der Waals surface area contributed by atoms with Crippen molar-refractivity contribution in [1.29, 1.82) is 0 Å². The van der Waals surface area contributed by atoms with Crippen LogP contribution in [0.25, 0.3) is 0 Å². The minimum Gasteiger partial charge on any atom is -0.464 e. The molecule has 0 spiro atoms. The van der Waals surface area contributed by atoms with Crippen LogP contribution in [0, 0.1) is 0 Å². The first-order chi connectivity index (χ1) is 9.67. The molecule has 1 fully saturated rings. The number of rotatable bonds is 6. The zero-order chi connectivity index (χ0) is 14.5. The largest absolute Gasteiger partial charge is 0.464 e. The fourth-order valence-corrected chi connectivity index (χ4v) is 2.40. The molecule has 0 saturated carbocycles. The maximum Gasteiger partial charge on any atom is 0.370 e. The predicted octanol–water partition coefficient (Wildman–Crippen LogP) is -0.399. The monoisotopic (exact) mass is 278 g/mol. The molecule has 1 unspecified atom stereocenters. The van der Waals surface area contributed by atoms with Gasteiger partial charge >= 0.3 is 11.9 Å². The minimum absolute atomic E-state index is 0.238. The molecule has 3 atom stereocenters. The van der Waals surface area contributed by atoms with E-state index in [1.54, 1.807) is 6.92 Å². The number of esters is 2. The van der Waals surface area contributed by atoms with E-state index in [9.17, 15) is 9.59 Å². The lowest BCUT2D eigenvalue weighted by Crippen LogP contribution is -3.02. The fraction of sp³-hybridized carbons (Fsp3) is 0.467. The maximum atomic E-state index is 12.1. The molecule has 0 amide bonds. The highest BCUT2D eigenvalue weighted by atomic mass is 16.5. The van der Waals surface area contributed by atoms with Crippen molar-refractivity contribution < 1.29 is 24.0 Å². The van der Waals surface area contributed by atoms with Gasteiger partial charge in [-0.2, -0.15) is 0 Å². The van der Waals surface area contributed by atoms with Gasteiger partial charge in [-0.25, -0.2) is 9.59 Å². The Bertz CT molecular complexity index is 474. The molecule has 0 bridgehead atoms. The Balaban J connectivity index is 2.06. The first kappa shape index (κ1) is 14.5. The van der Waals surface area contributed by atoms with Gasteiger partial charge in [-0.1, -0.05) is 30.3 Å². The minimum atomic E-state index is -0.346. The summed E-state index contributed by atoms with van der Waals surface area (Å²) in [7, 11) is 1.37. The number of quaternary nitrogens is 1. The van der Waals surface area contributed by atoms with Crippen molar-refractivity contribution in [1.82, 2.24) is 0 Å². The van der Waals surface area contributed by atoms with Gasteiger partial charge < -0.3 is 14.4 Å². The molecule has 1 saturated heterocycles. The normalized spacial score (nSPS) is 21.9. The third kappa shape index (κ3) is 3.36. The lowest BCUT2D eigenvalue weighted by atomic mass is 10.1. The number of benzene rings is 1. The number of nitrogens with one attached hydrogen (secondary N) is 1. The van der Waals surface area contributed by atoms with Gasteiger partial charge in [0.15, 0.2) is 6.04 Å². The highest BCUT2D eigenvalue weighted by Gasteiger charge is 2.54. The molecule has 20 heavy (non-hydrogen) atoms. The second kappa shape index (κ2) is 6.52. The van der Waals surface area contributed by atoms with Gasteiger partial charge in [-0.15, -0.1) is 0 Å². The van der Waals surface area contributed by atoms with Crippen LogP contribution in [0.15, 0.2) is 30.3 Å². The Morgan fingerprint density at radius 3 is 2.65 bits per heavy atom. The van der Waals surface area contributed by atoms with E-state index in [1.807, 2.05) is 30.3 Å². The van der Waals surface area contributed by atoms with E-state index >= 15 is 0 Å². The summed E-state index contributed by atoms with van der Waals surface area (Å²) < 4.78 is 9.86. The zero-order valence-corrected chi connectivity index (χ0v) is 11.8. The number of carbonyl (C=O) groups excluding carboxylic acids is 2. The Kier molecular flexibility index (Phi) is 4.74. The summed E-state index contributed by atoms with van der Waals surface area (Å²) >= 11 is 0. The second-order valence-electron chi connectivity index (χ2n) is 4.85. The Morgan fingerprint density at radius 2 is 2.05 bits per heavy atom. The summed E-state index contributed by atoms with van der Waals surface area (Å²) in [6.45, 7) is 2.76. The van der Waals surface area contributed by atoms with Gasteiger partial charge in [0, 0.05) is 6.42 Å². The lowest BCUT2D eigenvalue weighted by molar-refractivity contribution is -0.789. The first-order valence-electron chi connectivity index (χ1n) is 6.81. The molecule has 108 valence electrons. The van der Waals surface area contributed by atoms with Crippen LogP contribution in [0.4, 0.5) is 0 Å². The quantitative estimate of drug-likeness (QED) is 0.568. The number of hydrogen-bond acceptors (Lipinski definition) is 4. The van der Waals surface area contributed by atoms with E-state index in [4.69, 9.17) is 9.47 Å². The summed E-state index contributed by atoms with van der Waals surface area (Å²) in [4.78, 5) is 24.5. The Morgan fingerprint density at radius 1 is 1.35 bits per heavy atom. The van der Waals surface area contributed by atoms with Crippen molar-refractivity contribution in [2.24, 2.45) is 0 Å². The zero-order valence-electron chi connectivity index (χ0n) is 11.8. The van der Waals surface area contributed by atoms with E-state index in [-0.39, 0.29) is 24.0 Å². The van der Waals surface area contributed by atoms with Gasteiger partial charge in [-0.05, 0) is 12.5 Å². The molecular weight excluding hydrogens is 258 g/mol. The van der Waals surface area contributed by atoms with E-state index in [0.29, 0.717) is 19.6 Å². The average Bonchev–Trinajstić information content (AvgIpc) is 3.25. The van der Waals surface area contributed by atoms with Crippen molar-refractivity contribution in [3.05, 3.63) is 35.9 Å². The third-order valence-corrected chi connectivity index (χ3v) is 3.51. The smallest absolute Gasteiger partial charge is 0.370 e. The molecule has 1 heterocycles. The highest BCUT2D eigenvalue weighted by Crippen LogP contribution is 2.06. The van der Waals surface area contributed by atoms with E-state index in [2.05, 4.69) is 0 Å². The number of ether oxygens (including phenoxy) is 2. The number of carbonyl (C=O) groups is 2. The molecule has 0 radical (unpaired) electrons. The number of methoxy groups -OCH3 is 1. The number of hydrogen-bond donors (Lipinski definition) is 1. The van der Waals surface area contributed by atoms with Gasteiger partial charge in [0.1, 0.15) is 6.54 Å². The van der Waals surface area contributed by atoms with E-state index < -0.39 is 0 Å².